The lowest BCUT2D eigenvalue weighted by Gasteiger charge is -2.35. The third kappa shape index (κ3) is 4.78. The molecular weight excluding hydrogens is 360 g/mol. The monoisotopic (exact) mass is 392 g/mol. The van der Waals surface area contributed by atoms with Gasteiger partial charge in [0.15, 0.2) is 0 Å². The zero-order valence-corrected chi connectivity index (χ0v) is 17.6. The van der Waals surface area contributed by atoms with E-state index in [-0.39, 0.29) is 5.91 Å². The van der Waals surface area contributed by atoms with E-state index >= 15 is 0 Å². The van der Waals surface area contributed by atoms with E-state index in [2.05, 4.69) is 59.4 Å². The highest BCUT2D eigenvalue weighted by molar-refractivity contribution is 5.96. The van der Waals surface area contributed by atoms with Gasteiger partial charge in [-0.2, -0.15) is 0 Å². The fourth-order valence-electron chi connectivity index (χ4n) is 4.69. The van der Waals surface area contributed by atoms with Crippen molar-refractivity contribution in [1.82, 2.24) is 10.3 Å². The number of piperidine rings is 1. The quantitative estimate of drug-likeness (QED) is 0.813. The summed E-state index contributed by atoms with van der Waals surface area (Å²) >= 11 is 0. The van der Waals surface area contributed by atoms with Crippen molar-refractivity contribution in [3.63, 3.8) is 0 Å². The first kappa shape index (κ1) is 19.9. The summed E-state index contributed by atoms with van der Waals surface area (Å²) in [5, 5.41) is 3.80. The zero-order chi connectivity index (χ0) is 20.2. The summed E-state index contributed by atoms with van der Waals surface area (Å²) in [6, 6.07) is 14.0. The van der Waals surface area contributed by atoms with E-state index in [0.29, 0.717) is 24.5 Å². The van der Waals surface area contributed by atoms with Crippen LogP contribution in [0, 0.1) is 0 Å². The normalized spacial score (nSPS) is 21.6. The van der Waals surface area contributed by atoms with Crippen LogP contribution in [0.2, 0.25) is 0 Å². The van der Waals surface area contributed by atoms with Gasteiger partial charge in [0.25, 0.3) is 0 Å². The molecular formula is C24H32N4O. The van der Waals surface area contributed by atoms with Crippen LogP contribution in [0.1, 0.15) is 45.1 Å². The Kier molecular flexibility index (Phi) is 6.14. The molecule has 2 fully saturated rings. The van der Waals surface area contributed by atoms with Crippen molar-refractivity contribution >= 4 is 17.3 Å². The highest BCUT2D eigenvalue weighted by Crippen LogP contribution is 2.29. The molecule has 29 heavy (non-hydrogen) atoms. The Hall–Kier alpha value is -2.40. The molecule has 0 aliphatic carbocycles. The first-order valence-corrected chi connectivity index (χ1v) is 10.9. The number of anilines is 2. The van der Waals surface area contributed by atoms with E-state index in [9.17, 15) is 4.79 Å². The molecule has 0 spiro atoms. The molecule has 0 bridgehead atoms. The van der Waals surface area contributed by atoms with Gasteiger partial charge in [-0.05, 0) is 75.4 Å². The van der Waals surface area contributed by atoms with Crippen LogP contribution in [0.15, 0.2) is 48.8 Å². The summed E-state index contributed by atoms with van der Waals surface area (Å²) in [4.78, 5) is 20.7. The average Bonchev–Trinajstić information content (AvgIpc) is 3.07. The number of aromatic nitrogens is 1. The van der Waals surface area contributed by atoms with E-state index in [1.54, 1.807) is 0 Å². The maximum absolute atomic E-state index is 12.1. The van der Waals surface area contributed by atoms with Crippen LogP contribution >= 0.6 is 0 Å². The smallest absolute Gasteiger partial charge is 0.227 e. The van der Waals surface area contributed by atoms with Gasteiger partial charge < -0.3 is 15.1 Å². The van der Waals surface area contributed by atoms with Crippen LogP contribution in [-0.4, -0.2) is 42.1 Å². The number of pyridine rings is 1. The number of hydrogen-bond acceptors (Lipinski definition) is 4. The second kappa shape index (κ2) is 8.95. The molecule has 1 aromatic heterocycles. The van der Waals surface area contributed by atoms with Gasteiger partial charge in [-0.1, -0.05) is 6.07 Å². The van der Waals surface area contributed by atoms with Crippen molar-refractivity contribution in [3.05, 3.63) is 54.4 Å². The molecule has 2 atom stereocenters. The molecule has 2 aliphatic heterocycles. The molecule has 1 N–H and O–H groups in total. The summed E-state index contributed by atoms with van der Waals surface area (Å²) in [6.45, 7) is 6.52. The third-order valence-electron chi connectivity index (χ3n) is 6.26. The molecule has 1 aromatic carbocycles. The molecule has 154 valence electrons. The summed E-state index contributed by atoms with van der Waals surface area (Å²) in [6.07, 6.45) is 8.74. The zero-order valence-electron chi connectivity index (χ0n) is 17.6. The maximum Gasteiger partial charge on any atom is 0.227 e. The van der Waals surface area contributed by atoms with Crippen molar-refractivity contribution in [2.24, 2.45) is 0 Å². The molecule has 0 saturated carbocycles. The number of carbonyl (C=O) groups is 1. The van der Waals surface area contributed by atoms with Crippen LogP contribution in [0.3, 0.4) is 0 Å². The predicted molar refractivity (Wildman–Crippen MR) is 118 cm³/mol. The summed E-state index contributed by atoms with van der Waals surface area (Å²) in [5.74, 6) is 0.248. The molecule has 2 aromatic rings. The van der Waals surface area contributed by atoms with E-state index < -0.39 is 0 Å². The minimum atomic E-state index is 0.248. The van der Waals surface area contributed by atoms with Crippen LogP contribution in [-0.2, 0) is 11.2 Å². The SMILES string of the molecule is C[C@@H]1CCC(=O)N1c1ccc(N2CCC(N[C@@H](C)Cc3cccnc3)CC2)cc1. The van der Waals surface area contributed by atoms with Crippen LogP contribution in [0.4, 0.5) is 11.4 Å². The minimum absolute atomic E-state index is 0.248. The molecule has 3 heterocycles. The van der Waals surface area contributed by atoms with Crippen molar-refractivity contribution in [1.29, 1.82) is 0 Å². The maximum atomic E-state index is 12.1. The Morgan fingerprint density at radius 2 is 1.83 bits per heavy atom. The third-order valence-corrected chi connectivity index (χ3v) is 6.26. The average molecular weight is 393 g/mol. The lowest BCUT2D eigenvalue weighted by Crippen LogP contribution is -2.46. The van der Waals surface area contributed by atoms with E-state index in [1.807, 2.05) is 23.4 Å². The summed E-state index contributed by atoms with van der Waals surface area (Å²) < 4.78 is 0. The van der Waals surface area contributed by atoms with Crippen LogP contribution in [0.25, 0.3) is 0 Å². The fourth-order valence-corrected chi connectivity index (χ4v) is 4.69. The highest BCUT2D eigenvalue weighted by atomic mass is 16.2. The second-order valence-electron chi connectivity index (χ2n) is 8.56. The van der Waals surface area contributed by atoms with Crippen LogP contribution in [0.5, 0.6) is 0 Å². The number of hydrogen-bond donors (Lipinski definition) is 1. The molecule has 0 radical (unpaired) electrons. The van der Waals surface area contributed by atoms with Crippen molar-refractivity contribution < 1.29 is 4.79 Å². The van der Waals surface area contributed by atoms with Gasteiger partial charge in [-0.3, -0.25) is 9.78 Å². The highest BCUT2D eigenvalue weighted by Gasteiger charge is 2.29. The number of carbonyl (C=O) groups excluding carboxylic acids is 1. The molecule has 2 aliphatic rings. The molecule has 5 nitrogen and oxygen atoms in total. The molecule has 0 unspecified atom stereocenters. The lowest BCUT2D eigenvalue weighted by molar-refractivity contribution is -0.117. The molecule has 1 amide bonds. The summed E-state index contributed by atoms with van der Waals surface area (Å²) in [5.41, 5.74) is 3.58. The van der Waals surface area contributed by atoms with Crippen molar-refractivity contribution in [2.75, 3.05) is 22.9 Å². The lowest BCUT2D eigenvalue weighted by atomic mass is 10.0. The Balaban J connectivity index is 1.27. The van der Waals surface area contributed by atoms with Gasteiger partial charge in [0.1, 0.15) is 0 Å². The first-order valence-electron chi connectivity index (χ1n) is 10.9. The Morgan fingerprint density at radius 3 is 2.45 bits per heavy atom. The van der Waals surface area contributed by atoms with Gasteiger partial charge in [-0.15, -0.1) is 0 Å². The van der Waals surface area contributed by atoms with Crippen LogP contribution < -0.4 is 15.1 Å². The van der Waals surface area contributed by atoms with E-state index in [1.165, 1.54) is 11.3 Å². The number of rotatable bonds is 6. The first-order chi connectivity index (χ1) is 14.1. The van der Waals surface area contributed by atoms with Gasteiger partial charge in [0, 0.05) is 61.4 Å². The number of benzene rings is 1. The van der Waals surface area contributed by atoms with E-state index in [4.69, 9.17) is 0 Å². The predicted octanol–water partition coefficient (Wildman–Crippen LogP) is 3.79. The minimum Gasteiger partial charge on any atom is -0.371 e. The molecule has 2 saturated heterocycles. The number of nitrogens with one attached hydrogen (secondary N) is 1. The van der Waals surface area contributed by atoms with Gasteiger partial charge in [-0.25, -0.2) is 0 Å². The largest absolute Gasteiger partial charge is 0.371 e. The van der Waals surface area contributed by atoms with Gasteiger partial charge >= 0.3 is 0 Å². The number of nitrogens with zero attached hydrogens (tertiary/aromatic N) is 3. The Bertz CT molecular complexity index is 799. The van der Waals surface area contributed by atoms with Gasteiger partial charge in [0.05, 0.1) is 0 Å². The Labute approximate surface area is 174 Å². The molecule has 4 rings (SSSR count). The van der Waals surface area contributed by atoms with Crippen molar-refractivity contribution in [2.45, 2.75) is 64.1 Å². The second-order valence-corrected chi connectivity index (χ2v) is 8.56. The molecule has 5 heteroatoms. The fraction of sp³-hybridized carbons (Fsp3) is 0.500. The number of amides is 1. The summed E-state index contributed by atoms with van der Waals surface area (Å²) in [7, 11) is 0. The Morgan fingerprint density at radius 1 is 1.10 bits per heavy atom. The standard InChI is InChI=1S/C24H32N4O/c1-18(16-20-4-3-13-25-17-20)26-21-11-14-27(15-12-21)22-6-8-23(9-7-22)28-19(2)5-10-24(28)29/h3-4,6-9,13,17-19,21,26H,5,10-12,14-16H2,1-2H3/t18-,19+/m0/s1. The van der Waals surface area contributed by atoms with E-state index in [0.717, 1.165) is 44.5 Å². The topological polar surface area (TPSA) is 48.5 Å². The van der Waals surface area contributed by atoms with Crippen molar-refractivity contribution in [3.8, 4) is 0 Å². The van der Waals surface area contributed by atoms with Gasteiger partial charge in [0.2, 0.25) is 5.91 Å².